The Balaban J connectivity index is 1.93. The van der Waals surface area contributed by atoms with Gasteiger partial charge in [0.2, 0.25) is 5.91 Å². The molecule has 0 aliphatic rings. The molecule has 0 saturated heterocycles. The highest BCUT2D eigenvalue weighted by Gasteiger charge is 2.07. The third-order valence-electron chi connectivity index (χ3n) is 2.46. The molecule has 7 heteroatoms. The maximum Gasteiger partial charge on any atom is 0.309 e. The van der Waals surface area contributed by atoms with Crippen molar-refractivity contribution in [2.45, 2.75) is 16.5 Å². The molecule has 0 fully saturated rings. The second-order valence-electron chi connectivity index (χ2n) is 4.03. The Kier molecular flexibility index (Phi) is 4.75. The van der Waals surface area contributed by atoms with Gasteiger partial charge in [0.25, 0.3) is 0 Å². The van der Waals surface area contributed by atoms with Crippen LogP contribution in [-0.2, 0) is 17.0 Å². The van der Waals surface area contributed by atoms with Crippen molar-refractivity contribution >= 4 is 35.0 Å². The number of carboxylic acids is 1. The fourth-order valence-corrected chi connectivity index (χ4v) is 3.30. The lowest BCUT2D eigenvalue weighted by Gasteiger charge is -2.00. The van der Waals surface area contributed by atoms with Crippen LogP contribution in [-0.4, -0.2) is 22.0 Å². The van der Waals surface area contributed by atoms with Crippen LogP contribution in [0.4, 0.5) is 0 Å². The molecule has 0 aliphatic carbocycles. The van der Waals surface area contributed by atoms with Crippen LogP contribution in [0.5, 0.6) is 0 Å². The number of rotatable bonds is 6. The molecule has 2 rings (SSSR count). The summed E-state index contributed by atoms with van der Waals surface area (Å²) in [6.45, 7) is 0. The van der Waals surface area contributed by atoms with Crippen LogP contribution in [0.2, 0.25) is 0 Å². The number of hydrogen-bond acceptors (Lipinski definition) is 5. The van der Waals surface area contributed by atoms with Crippen molar-refractivity contribution in [2.24, 2.45) is 5.73 Å². The molecule has 3 N–H and O–H groups in total. The Morgan fingerprint density at radius 3 is 2.60 bits per heavy atom. The Hall–Kier alpha value is -1.86. The van der Waals surface area contributed by atoms with E-state index in [0.29, 0.717) is 17.0 Å². The summed E-state index contributed by atoms with van der Waals surface area (Å²) < 4.78 is 0.834. The van der Waals surface area contributed by atoms with E-state index >= 15 is 0 Å². The fourth-order valence-electron chi connectivity index (χ4n) is 1.50. The molecule has 104 valence electrons. The van der Waals surface area contributed by atoms with Gasteiger partial charge in [-0.1, -0.05) is 23.9 Å². The number of thioether (sulfide) groups is 1. The van der Waals surface area contributed by atoms with E-state index in [9.17, 15) is 9.59 Å². The van der Waals surface area contributed by atoms with Crippen molar-refractivity contribution in [3.8, 4) is 0 Å². The smallest absolute Gasteiger partial charge is 0.309 e. The number of carbonyl (C=O) groups excluding carboxylic acids is 1. The number of aromatic nitrogens is 1. The average molecular weight is 308 g/mol. The minimum atomic E-state index is -0.881. The highest BCUT2D eigenvalue weighted by Crippen LogP contribution is 2.26. The van der Waals surface area contributed by atoms with E-state index in [2.05, 4.69) is 4.98 Å². The van der Waals surface area contributed by atoms with Crippen molar-refractivity contribution in [2.75, 3.05) is 0 Å². The maximum atomic E-state index is 10.9. The highest BCUT2D eigenvalue weighted by molar-refractivity contribution is 8.00. The van der Waals surface area contributed by atoms with E-state index < -0.39 is 11.9 Å². The van der Waals surface area contributed by atoms with E-state index in [1.54, 1.807) is 17.5 Å². The van der Waals surface area contributed by atoms with E-state index in [4.69, 9.17) is 10.8 Å². The molecule has 0 bridgehead atoms. The molecule has 0 radical (unpaired) electrons. The number of nitrogens with zero attached hydrogens (tertiary/aromatic N) is 1. The van der Waals surface area contributed by atoms with Gasteiger partial charge in [0.1, 0.15) is 4.34 Å². The third kappa shape index (κ3) is 4.07. The summed E-state index contributed by atoms with van der Waals surface area (Å²) in [6.07, 6.45) is -0.0512. The molecule has 5 nitrogen and oxygen atoms in total. The van der Waals surface area contributed by atoms with Gasteiger partial charge in [-0.15, -0.1) is 11.3 Å². The minimum Gasteiger partial charge on any atom is -0.481 e. The van der Waals surface area contributed by atoms with Crippen molar-refractivity contribution in [3.05, 3.63) is 46.5 Å². The van der Waals surface area contributed by atoms with Gasteiger partial charge in [0.15, 0.2) is 0 Å². The Morgan fingerprint density at radius 2 is 2.00 bits per heavy atom. The van der Waals surface area contributed by atoms with Gasteiger partial charge < -0.3 is 10.8 Å². The molecule has 1 amide bonds. The molecular formula is C13H12N2O3S2. The molecule has 0 spiro atoms. The lowest BCUT2D eigenvalue weighted by Crippen LogP contribution is -2.10. The van der Waals surface area contributed by atoms with Crippen molar-refractivity contribution in [1.82, 2.24) is 4.98 Å². The Labute approximate surface area is 123 Å². The summed E-state index contributed by atoms with van der Waals surface area (Å²) in [6, 6.07) is 7.07. The highest BCUT2D eigenvalue weighted by atomic mass is 32.2. The molecule has 1 aromatic heterocycles. The van der Waals surface area contributed by atoms with E-state index in [1.807, 2.05) is 12.1 Å². The monoisotopic (exact) mass is 308 g/mol. The Bertz CT molecular complexity index is 623. The largest absolute Gasteiger partial charge is 0.481 e. The first-order chi connectivity index (χ1) is 9.54. The van der Waals surface area contributed by atoms with Gasteiger partial charge in [-0.05, 0) is 17.7 Å². The normalized spacial score (nSPS) is 10.4. The molecule has 0 saturated carbocycles. The van der Waals surface area contributed by atoms with Gasteiger partial charge >= 0.3 is 5.97 Å². The summed E-state index contributed by atoms with van der Waals surface area (Å²) >= 11 is 2.97. The maximum absolute atomic E-state index is 10.9. The van der Waals surface area contributed by atoms with Gasteiger partial charge in [0.05, 0.1) is 12.1 Å². The van der Waals surface area contributed by atoms with Crippen molar-refractivity contribution < 1.29 is 14.7 Å². The van der Waals surface area contributed by atoms with E-state index in [-0.39, 0.29) is 6.42 Å². The lowest BCUT2D eigenvalue weighted by molar-refractivity contribution is -0.136. The number of primary amides is 1. The number of benzene rings is 1. The summed E-state index contributed by atoms with van der Waals surface area (Å²) in [5, 5.41) is 10.4. The predicted octanol–water partition coefficient (Wildman–Crippen LogP) is 2.16. The number of nitrogens with two attached hydrogens (primary N) is 1. The second kappa shape index (κ2) is 6.53. The van der Waals surface area contributed by atoms with Crippen LogP contribution in [0.25, 0.3) is 0 Å². The van der Waals surface area contributed by atoms with Gasteiger partial charge in [-0.3, -0.25) is 9.59 Å². The standard InChI is InChI=1S/C13H12N2O3S2/c14-12(18)9-3-1-8(2-4-9)6-19-13-15-10(7-20-13)5-11(16)17/h1-4,7H,5-6H2,(H2,14,18)(H,16,17). The summed E-state index contributed by atoms with van der Waals surface area (Å²) in [5.74, 6) is -0.615. The summed E-state index contributed by atoms with van der Waals surface area (Å²) in [4.78, 5) is 25.7. The zero-order chi connectivity index (χ0) is 14.5. The van der Waals surface area contributed by atoms with Crippen LogP contribution in [0.15, 0.2) is 34.0 Å². The number of amides is 1. The topological polar surface area (TPSA) is 93.3 Å². The minimum absolute atomic E-state index is 0.0512. The number of aliphatic carboxylic acids is 1. The summed E-state index contributed by atoms with van der Waals surface area (Å²) in [5.41, 5.74) is 7.28. The van der Waals surface area contributed by atoms with Crippen LogP contribution < -0.4 is 5.73 Å². The number of hydrogen-bond donors (Lipinski definition) is 2. The van der Waals surface area contributed by atoms with Crippen LogP contribution in [0.3, 0.4) is 0 Å². The zero-order valence-corrected chi connectivity index (χ0v) is 12.0. The molecular weight excluding hydrogens is 296 g/mol. The van der Waals surface area contributed by atoms with Crippen LogP contribution in [0, 0.1) is 0 Å². The molecule has 0 aliphatic heterocycles. The van der Waals surface area contributed by atoms with E-state index in [0.717, 1.165) is 9.90 Å². The summed E-state index contributed by atoms with van der Waals surface area (Å²) in [7, 11) is 0. The van der Waals surface area contributed by atoms with Crippen LogP contribution in [0.1, 0.15) is 21.6 Å². The second-order valence-corrected chi connectivity index (χ2v) is 6.11. The lowest BCUT2D eigenvalue weighted by atomic mass is 10.1. The van der Waals surface area contributed by atoms with Gasteiger partial charge in [-0.2, -0.15) is 0 Å². The van der Waals surface area contributed by atoms with Crippen molar-refractivity contribution in [1.29, 1.82) is 0 Å². The SMILES string of the molecule is NC(=O)c1ccc(CSc2nc(CC(=O)O)cs2)cc1. The molecule has 0 atom stereocenters. The first-order valence-corrected chi connectivity index (χ1v) is 7.59. The Morgan fingerprint density at radius 1 is 1.30 bits per heavy atom. The van der Waals surface area contributed by atoms with Gasteiger partial charge in [-0.25, -0.2) is 4.98 Å². The number of thiazole rings is 1. The molecule has 20 heavy (non-hydrogen) atoms. The first kappa shape index (κ1) is 14.5. The van der Waals surface area contributed by atoms with Crippen molar-refractivity contribution in [3.63, 3.8) is 0 Å². The third-order valence-corrected chi connectivity index (χ3v) is 4.60. The first-order valence-electron chi connectivity index (χ1n) is 5.72. The number of carbonyl (C=O) groups is 2. The number of carboxylic acid groups (broad SMARTS) is 1. The zero-order valence-electron chi connectivity index (χ0n) is 10.4. The van der Waals surface area contributed by atoms with Crippen LogP contribution >= 0.6 is 23.1 Å². The molecule has 0 unspecified atom stereocenters. The quantitative estimate of drug-likeness (QED) is 0.798. The molecule has 1 heterocycles. The molecule has 1 aromatic carbocycles. The predicted molar refractivity (Wildman–Crippen MR) is 78.0 cm³/mol. The molecule has 2 aromatic rings. The van der Waals surface area contributed by atoms with E-state index in [1.165, 1.54) is 23.1 Å². The average Bonchev–Trinajstić information content (AvgIpc) is 2.83. The fraction of sp³-hybridized carbons (Fsp3) is 0.154. The van der Waals surface area contributed by atoms with Gasteiger partial charge in [0, 0.05) is 16.7 Å².